The fourth-order valence-electron chi connectivity index (χ4n) is 3.58. The van der Waals surface area contributed by atoms with Crippen LogP contribution in [-0.4, -0.2) is 47.2 Å². The summed E-state index contributed by atoms with van der Waals surface area (Å²) >= 11 is 0. The summed E-state index contributed by atoms with van der Waals surface area (Å²) in [4.78, 5) is 24.3. The lowest BCUT2D eigenvalue weighted by Crippen LogP contribution is -2.26. The van der Waals surface area contributed by atoms with E-state index in [2.05, 4.69) is 53.5 Å². The molecule has 2 rings (SSSR count). The Hall–Kier alpha value is -2.85. The molecule has 2 aromatic rings. The van der Waals surface area contributed by atoms with Gasteiger partial charge in [0.1, 0.15) is 11.6 Å². The van der Waals surface area contributed by atoms with E-state index in [1.165, 1.54) is 0 Å². The minimum Gasteiger partial charge on any atom is -0.478 e. The van der Waals surface area contributed by atoms with Crippen LogP contribution in [0.25, 0.3) is 0 Å². The Balaban J connectivity index is 0.000000623. The van der Waals surface area contributed by atoms with E-state index in [-0.39, 0.29) is 12.4 Å². The molecular weight excluding hydrogens is 450 g/mol. The number of anilines is 2. The lowest BCUT2D eigenvalue weighted by molar-refractivity contribution is 0.0696. The van der Waals surface area contributed by atoms with E-state index in [1.54, 1.807) is 12.1 Å². The fourth-order valence-corrected chi connectivity index (χ4v) is 3.58. The summed E-state index contributed by atoms with van der Waals surface area (Å²) in [7, 11) is 0. The number of hydrogen-bond donors (Lipinski definition) is 1. The third-order valence-electron chi connectivity index (χ3n) is 4.88. The van der Waals surface area contributed by atoms with Crippen molar-refractivity contribution >= 4 is 30.0 Å². The van der Waals surface area contributed by atoms with Gasteiger partial charge < -0.3 is 14.9 Å². The fraction of sp³-hybridized carbons (Fsp3) is 0.538. The highest BCUT2D eigenvalue weighted by Gasteiger charge is 2.11. The van der Waals surface area contributed by atoms with Crippen LogP contribution in [-0.2, 0) is 0 Å². The van der Waals surface area contributed by atoms with Crippen molar-refractivity contribution in [1.82, 2.24) is 9.97 Å². The van der Waals surface area contributed by atoms with Crippen molar-refractivity contribution in [2.75, 3.05) is 36.0 Å². The first kappa shape index (κ1) is 31.1. The lowest BCUT2D eigenvalue weighted by atomic mass is 10.2. The highest BCUT2D eigenvalue weighted by Crippen LogP contribution is 2.17. The number of pyridine rings is 2. The molecule has 7 nitrogen and oxygen atoms in total. The summed E-state index contributed by atoms with van der Waals surface area (Å²) in [6.07, 6.45) is 4.24. The van der Waals surface area contributed by atoms with Gasteiger partial charge in [0.15, 0.2) is 0 Å². The molecule has 2 heterocycles. The van der Waals surface area contributed by atoms with Crippen LogP contribution in [0.4, 0.5) is 11.6 Å². The van der Waals surface area contributed by atoms with Gasteiger partial charge in [-0.25, -0.2) is 14.8 Å². The molecule has 0 aromatic carbocycles. The van der Waals surface area contributed by atoms with Crippen molar-refractivity contribution in [2.45, 2.75) is 67.2 Å². The standard InChI is InChI=1S/C13H19N3.C13H20N2O2.ClH/c1-4-6-16(7-5-2)13-9-12(10-14)8-11(3)15-13;1-4-6-15(7-5-2)12-9-11(13(16)17)8-10(3)14-12;/h8-9H,4-7H2,1-3H3;8-9H,4-7H2,1-3H3,(H,16,17);1H. The zero-order valence-electron chi connectivity index (χ0n) is 21.5. The molecule has 0 bridgehead atoms. The van der Waals surface area contributed by atoms with Crippen LogP contribution in [0.5, 0.6) is 0 Å². The first-order chi connectivity index (χ1) is 15.8. The number of aromatic nitrogens is 2. The number of nitrogens with zero attached hydrogens (tertiary/aromatic N) is 5. The number of aryl methyl sites for hydroxylation is 2. The summed E-state index contributed by atoms with van der Waals surface area (Å²) in [6, 6.07) is 9.13. The number of aromatic carboxylic acids is 1. The molecule has 0 amide bonds. The predicted octanol–water partition coefficient (Wildman–Crippen LogP) is 6.02. The topological polar surface area (TPSA) is 93.4 Å². The third-order valence-corrected chi connectivity index (χ3v) is 4.88. The molecule has 0 aliphatic rings. The van der Waals surface area contributed by atoms with E-state index in [1.807, 2.05) is 26.0 Å². The monoisotopic (exact) mass is 489 g/mol. The smallest absolute Gasteiger partial charge is 0.335 e. The van der Waals surface area contributed by atoms with E-state index in [0.717, 1.165) is 74.9 Å². The Morgan fingerprint density at radius 2 is 1.24 bits per heavy atom. The Kier molecular flexibility index (Phi) is 15.3. The summed E-state index contributed by atoms with van der Waals surface area (Å²) in [5.74, 6) is 0.802. The van der Waals surface area contributed by atoms with Crippen molar-refractivity contribution in [3.8, 4) is 6.07 Å². The molecule has 188 valence electrons. The van der Waals surface area contributed by atoms with Gasteiger partial charge in [0, 0.05) is 37.6 Å². The van der Waals surface area contributed by atoms with Crippen LogP contribution < -0.4 is 9.80 Å². The number of rotatable bonds is 11. The second-order valence-corrected chi connectivity index (χ2v) is 8.10. The van der Waals surface area contributed by atoms with Crippen LogP contribution >= 0.6 is 12.4 Å². The maximum atomic E-state index is 11.0. The maximum absolute atomic E-state index is 11.0. The number of nitriles is 1. The van der Waals surface area contributed by atoms with Gasteiger partial charge in [0.25, 0.3) is 0 Å². The molecule has 0 aliphatic heterocycles. The number of carbonyl (C=O) groups is 1. The number of hydrogen-bond acceptors (Lipinski definition) is 6. The average molecular weight is 490 g/mol. The largest absolute Gasteiger partial charge is 0.478 e. The molecule has 0 saturated carbocycles. The predicted molar refractivity (Wildman–Crippen MR) is 142 cm³/mol. The van der Waals surface area contributed by atoms with Crippen molar-refractivity contribution in [2.24, 2.45) is 0 Å². The summed E-state index contributed by atoms with van der Waals surface area (Å²) < 4.78 is 0. The maximum Gasteiger partial charge on any atom is 0.335 e. The zero-order valence-corrected chi connectivity index (χ0v) is 22.3. The Labute approximate surface area is 211 Å². The molecule has 0 fully saturated rings. The Morgan fingerprint density at radius 3 is 1.62 bits per heavy atom. The molecule has 2 aromatic heterocycles. The molecule has 0 unspecified atom stereocenters. The van der Waals surface area contributed by atoms with Crippen LogP contribution in [0.1, 0.15) is 80.7 Å². The molecule has 8 heteroatoms. The van der Waals surface area contributed by atoms with Gasteiger partial charge in [-0.2, -0.15) is 5.26 Å². The zero-order chi connectivity index (χ0) is 24.8. The average Bonchev–Trinajstić information content (AvgIpc) is 2.78. The first-order valence-corrected chi connectivity index (χ1v) is 11.9. The second-order valence-electron chi connectivity index (χ2n) is 8.10. The van der Waals surface area contributed by atoms with Crippen LogP contribution in [0, 0.1) is 25.2 Å². The SMILES string of the molecule is CCCN(CCC)c1cc(C#N)cc(C)n1.CCCN(CCC)c1cc(C(=O)O)cc(C)n1.Cl. The van der Waals surface area contributed by atoms with E-state index < -0.39 is 5.97 Å². The van der Waals surface area contributed by atoms with E-state index in [9.17, 15) is 4.79 Å². The Bertz CT molecular complexity index is 918. The van der Waals surface area contributed by atoms with Gasteiger partial charge >= 0.3 is 5.97 Å². The number of carboxylic acids is 1. The molecule has 0 spiro atoms. The van der Waals surface area contributed by atoms with Crippen LogP contribution in [0.2, 0.25) is 0 Å². The van der Waals surface area contributed by atoms with Gasteiger partial charge in [0.2, 0.25) is 0 Å². The van der Waals surface area contributed by atoms with Crippen molar-refractivity contribution in [3.63, 3.8) is 0 Å². The van der Waals surface area contributed by atoms with Gasteiger partial charge in [-0.05, 0) is 63.8 Å². The van der Waals surface area contributed by atoms with Crippen molar-refractivity contribution in [1.29, 1.82) is 5.26 Å². The molecule has 0 radical (unpaired) electrons. The molecule has 1 N–H and O–H groups in total. The van der Waals surface area contributed by atoms with Crippen LogP contribution in [0.3, 0.4) is 0 Å². The second kappa shape index (κ2) is 16.7. The molecular formula is C26H40ClN5O2. The van der Waals surface area contributed by atoms with Gasteiger partial charge in [-0.3, -0.25) is 0 Å². The Morgan fingerprint density at radius 1 is 0.824 bits per heavy atom. The van der Waals surface area contributed by atoms with Gasteiger partial charge in [-0.15, -0.1) is 12.4 Å². The minimum atomic E-state index is -0.898. The minimum absolute atomic E-state index is 0. The molecule has 0 aliphatic carbocycles. The molecule has 0 atom stereocenters. The van der Waals surface area contributed by atoms with Gasteiger partial charge in [-0.1, -0.05) is 27.7 Å². The normalized spacial score (nSPS) is 9.79. The lowest BCUT2D eigenvalue weighted by Gasteiger charge is -2.23. The van der Waals surface area contributed by atoms with Crippen LogP contribution in [0.15, 0.2) is 24.3 Å². The van der Waals surface area contributed by atoms with Crippen molar-refractivity contribution in [3.05, 3.63) is 46.8 Å². The first-order valence-electron chi connectivity index (χ1n) is 11.9. The summed E-state index contributed by atoms with van der Waals surface area (Å²) in [5.41, 5.74) is 2.66. The van der Waals surface area contributed by atoms with Crippen molar-refractivity contribution < 1.29 is 9.90 Å². The summed E-state index contributed by atoms with van der Waals surface area (Å²) in [6.45, 7) is 16.1. The highest BCUT2D eigenvalue weighted by molar-refractivity contribution is 5.88. The van der Waals surface area contributed by atoms with E-state index >= 15 is 0 Å². The summed E-state index contributed by atoms with van der Waals surface area (Å²) in [5, 5.41) is 18.0. The highest BCUT2D eigenvalue weighted by atomic mass is 35.5. The molecule has 34 heavy (non-hydrogen) atoms. The molecule has 0 saturated heterocycles. The quantitative estimate of drug-likeness (QED) is 0.412. The van der Waals surface area contributed by atoms with Gasteiger partial charge in [0.05, 0.1) is 17.2 Å². The number of carboxylic acid groups (broad SMARTS) is 1. The number of halogens is 1. The third kappa shape index (κ3) is 10.4. The van der Waals surface area contributed by atoms with E-state index in [0.29, 0.717) is 11.1 Å². The van der Waals surface area contributed by atoms with E-state index in [4.69, 9.17) is 10.4 Å².